The highest BCUT2D eigenvalue weighted by molar-refractivity contribution is 5.56. The normalized spacial score (nSPS) is 22.7. The zero-order valence-corrected chi connectivity index (χ0v) is 13.2. The number of methoxy groups -OCH3 is 1. The molecule has 1 aliphatic rings. The number of morpholine rings is 1. The largest absolute Gasteiger partial charge is 0.497 e. The lowest BCUT2D eigenvalue weighted by atomic mass is 10.2. The molecule has 2 aromatic rings. The molecule has 0 spiro atoms. The van der Waals surface area contributed by atoms with Crippen molar-refractivity contribution >= 4 is 0 Å². The van der Waals surface area contributed by atoms with Crippen LogP contribution in [0.25, 0.3) is 11.4 Å². The van der Waals surface area contributed by atoms with Crippen LogP contribution in [0.5, 0.6) is 5.75 Å². The van der Waals surface area contributed by atoms with Crippen molar-refractivity contribution in [2.45, 2.75) is 32.5 Å². The number of ether oxygens (including phenoxy) is 2. The van der Waals surface area contributed by atoms with Crippen LogP contribution in [0.4, 0.5) is 0 Å². The monoisotopic (exact) mass is 303 g/mol. The molecule has 2 atom stereocenters. The molecule has 6 heteroatoms. The Morgan fingerprint density at radius 3 is 3.05 bits per heavy atom. The molecule has 0 radical (unpaired) electrons. The van der Waals surface area contributed by atoms with Gasteiger partial charge in [-0.3, -0.25) is 4.90 Å². The number of hydrogen-bond acceptors (Lipinski definition) is 6. The summed E-state index contributed by atoms with van der Waals surface area (Å²) in [6, 6.07) is 7.99. The maximum Gasteiger partial charge on any atom is 0.241 e. The third-order valence-corrected chi connectivity index (χ3v) is 3.87. The van der Waals surface area contributed by atoms with Gasteiger partial charge in [0.25, 0.3) is 0 Å². The summed E-state index contributed by atoms with van der Waals surface area (Å²) >= 11 is 0. The van der Waals surface area contributed by atoms with E-state index in [1.54, 1.807) is 7.11 Å². The first-order chi connectivity index (χ1) is 10.7. The highest BCUT2D eigenvalue weighted by atomic mass is 16.5. The summed E-state index contributed by atoms with van der Waals surface area (Å²) < 4.78 is 16.3. The van der Waals surface area contributed by atoms with Crippen molar-refractivity contribution in [3.63, 3.8) is 0 Å². The predicted octanol–water partition coefficient (Wildman–Crippen LogP) is 2.35. The summed E-state index contributed by atoms with van der Waals surface area (Å²) in [7, 11) is 1.64. The molecule has 3 rings (SSSR count). The van der Waals surface area contributed by atoms with E-state index < -0.39 is 0 Å². The van der Waals surface area contributed by atoms with E-state index >= 15 is 0 Å². The minimum Gasteiger partial charge on any atom is -0.497 e. The molecule has 1 fully saturated rings. The molecular formula is C16H21N3O3. The Kier molecular flexibility index (Phi) is 4.40. The Bertz CT molecular complexity index is 629. The van der Waals surface area contributed by atoms with Gasteiger partial charge in [0.05, 0.1) is 26.4 Å². The van der Waals surface area contributed by atoms with E-state index in [0.717, 1.165) is 24.5 Å². The van der Waals surface area contributed by atoms with Gasteiger partial charge >= 0.3 is 0 Å². The number of rotatable bonds is 4. The quantitative estimate of drug-likeness (QED) is 0.864. The molecule has 1 aromatic carbocycles. The van der Waals surface area contributed by atoms with E-state index in [1.807, 2.05) is 24.3 Å². The van der Waals surface area contributed by atoms with Gasteiger partial charge in [-0.25, -0.2) is 0 Å². The first-order valence-electron chi connectivity index (χ1n) is 7.48. The molecule has 22 heavy (non-hydrogen) atoms. The predicted molar refractivity (Wildman–Crippen MR) is 81.6 cm³/mol. The van der Waals surface area contributed by atoms with Gasteiger partial charge in [0.15, 0.2) is 0 Å². The van der Waals surface area contributed by atoms with Crippen LogP contribution in [0.3, 0.4) is 0 Å². The fourth-order valence-corrected chi connectivity index (χ4v) is 2.56. The SMILES string of the molecule is COc1cccc(-c2noc(CN3C[C@H](C)OC[C@H]3C)n2)c1. The van der Waals surface area contributed by atoms with Crippen molar-refractivity contribution in [3.8, 4) is 17.1 Å². The Labute approximate surface area is 130 Å². The zero-order valence-electron chi connectivity index (χ0n) is 13.2. The van der Waals surface area contributed by atoms with Crippen molar-refractivity contribution in [2.24, 2.45) is 0 Å². The second-order valence-electron chi connectivity index (χ2n) is 5.67. The molecule has 1 aromatic heterocycles. The van der Waals surface area contributed by atoms with Crippen LogP contribution >= 0.6 is 0 Å². The second kappa shape index (κ2) is 6.46. The molecular weight excluding hydrogens is 282 g/mol. The standard InChI is InChI=1S/C16H21N3O3/c1-11-10-21-12(2)8-19(11)9-15-17-16(18-22-15)13-5-4-6-14(7-13)20-3/h4-7,11-12H,8-10H2,1-3H3/t11-,12+/m1/s1. The molecule has 6 nitrogen and oxygen atoms in total. The van der Waals surface area contributed by atoms with Crippen LogP contribution in [0.15, 0.2) is 28.8 Å². The van der Waals surface area contributed by atoms with Crippen LogP contribution < -0.4 is 4.74 Å². The van der Waals surface area contributed by atoms with Gasteiger partial charge in [-0.2, -0.15) is 4.98 Å². The smallest absolute Gasteiger partial charge is 0.241 e. The maximum absolute atomic E-state index is 5.64. The van der Waals surface area contributed by atoms with Crippen molar-refractivity contribution in [2.75, 3.05) is 20.3 Å². The third-order valence-electron chi connectivity index (χ3n) is 3.87. The van der Waals surface area contributed by atoms with Gasteiger partial charge < -0.3 is 14.0 Å². The van der Waals surface area contributed by atoms with Gasteiger partial charge in [-0.1, -0.05) is 17.3 Å². The van der Waals surface area contributed by atoms with Crippen molar-refractivity contribution < 1.29 is 14.0 Å². The van der Waals surface area contributed by atoms with Crippen molar-refractivity contribution in [3.05, 3.63) is 30.2 Å². The number of aromatic nitrogens is 2. The molecule has 118 valence electrons. The van der Waals surface area contributed by atoms with Gasteiger partial charge in [-0.15, -0.1) is 0 Å². The molecule has 0 amide bonds. The summed E-state index contributed by atoms with van der Waals surface area (Å²) in [6.07, 6.45) is 0.233. The Morgan fingerprint density at radius 1 is 1.36 bits per heavy atom. The van der Waals surface area contributed by atoms with Crippen LogP contribution in [0.1, 0.15) is 19.7 Å². The molecule has 1 aliphatic heterocycles. The van der Waals surface area contributed by atoms with Crippen LogP contribution in [-0.4, -0.2) is 47.4 Å². The number of benzene rings is 1. The first-order valence-corrected chi connectivity index (χ1v) is 7.48. The average molecular weight is 303 g/mol. The van der Waals surface area contributed by atoms with E-state index in [1.165, 1.54) is 0 Å². The average Bonchev–Trinajstić information content (AvgIpc) is 2.99. The lowest BCUT2D eigenvalue weighted by Gasteiger charge is -2.35. The number of nitrogens with zero attached hydrogens (tertiary/aromatic N) is 3. The molecule has 2 heterocycles. The number of hydrogen-bond donors (Lipinski definition) is 0. The Hall–Kier alpha value is -1.92. The fraction of sp³-hybridized carbons (Fsp3) is 0.500. The second-order valence-corrected chi connectivity index (χ2v) is 5.67. The summed E-state index contributed by atoms with van der Waals surface area (Å²) in [5.74, 6) is 1.99. The molecule has 0 aliphatic carbocycles. The lowest BCUT2D eigenvalue weighted by molar-refractivity contribution is -0.0555. The molecule has 0 unspecified atom stereocenters. The molecule has 0 saturated carbocycles. The molecule has 0 N–H and O–H groups in total. The zero-order chi connectivity index (χ0) is 15.5. The topological polar surface area (TPSA) is 60.6 Å². The minimum atomic E-state index is 0.233. The molecule has 1 saturated heterocycles. The highest BCUT2D eigenvalue weighted by Crippen LogP contribution is 2.22. The van der Waals surface area contributed by atoms with Crippen LogP contribution in [0, 0.1) is 0 Å². The van der Waals surface area contributed by atoms with E-state index in [2.05, 4.69) is 28.9 Å². The van der Waals surface area contributed by atoms with E-state index in [9.17, 15) is 0 Å². The van der Waals surface area contributed by atoms with Crippen LogP contribution in [-0.2, 0) is 11.3 Å². The fourth-order valence-electron chi connectivity index (χ4n) is 2.56. The van der Waals surface area contributed by atoms with E-state index in [4.69, 9.17) is 14.0 Å². The Morgan fingerprint density at radius 2 is 2.23 bits per heavy atom. The maximum atomic E-state index is 5.64. The summed E-state index contributed by atoms with van der Waals surface area (Å²) in [5.41, 5.74) is 0.887. The van der Waals surface area contributed by atoms with Crippen molar-refractivity contribution in [1.82, 2.24) is 15.0 Å². The van der Waals surface area contributed by atoms with Gasteiger partial charge in [0, 0.05) is 18.2 Å². The first kappa shape index (κ1) is 15.0. The summed E-state index contributed by atoms with van der Waals surface area (Å²) in [6.45, 7) is 6.47. The summed E-state index contributed by atoms with van der Waals surface area (Å²) in [5, 5.41) is 4.07. The summed E-state index contributed by atoms with van der Waals surface area (Å²) in [4.78, 5) is 6.80. The highest BCUT2D eigenvalue weighted by Gasteiger charge is 2.25. The van der Waals surface area contributed by atoms with Crippen LogP contribution in [0.2, 0.25) is 0 Å². The third kappa shape index (κ3) is 3.28. The molecule has 0 bridgehead atoms. The Balaban J connectivity index is 1.73. The van der Waals surface area contributed by atoms with Gasteiger partial charge in [0.1, 0.15) is 5.75 Å². The van der Waals surface area contributed by atoms with Crippen molar-refractivity contribution in [1.29, 1.82) is 0 Å². The van der Waals surface area contributed by atoms with Gasteiger partial charge in [-0.05, 0) is 26.0 Å². The van der Waals surface area contributed by atoms with Gasteiger partial charge in [0.2, 0.25) is 11.7 Å². The van der Waals surface area contributed by atoms with E-state index in [-0.39, 0.29) is 6.10 Å². The minimum absolute atomic E-state index is 0.233. The van der Waals surface area contributed by atoms with E-state index in [0.29, 0.717) is 24.3 Å². The lowest BCUT2D eigenvalue weighted by Crippen LogP contribution is -2.46.